The fraction of sp³-hybridized carbons (Fsp3) is 0.444. The number of nitrogens with one attached hydrogen (secondary N) is 1. The fourth-order valence-electron chi connectivity index (χ4n) is 2.92. The van der Waals surface area contributed by atoms with Crippen LogP contribution in [-0.2, 0) is 22.6 Å². The Labute approximate surface area is 142 Å². The average Bonchev–Trinajstić information content (AvgIpc) is 3.14. The van der Waals surface area contributed by atoms with Gasteiger partial charge < -0.3 is 14.6 Å². The minimum absolute atomic E-state index is 0.0642. The highest BCUT2D eigenvalue weighted by atomic mass is 16.5. The second-order valence-corrected chi connectivity index (χ2v) is 6.05. The highest BCUT2D eigenvalue weighted by molar-refractivity contribution is 5.81. The summed E-state index contributed by atoms with van der Waals surface area (Å²) in [6, 6.07) is 8.05. The summed E-state index contributed by atoms with van der Waals surface area (Å²) in [7, 11) is 0. The zero-order chi connectivity index (χ0) is 16.8. The van der Waals surface area contributed by atoms with Gasteiger partial charge in [-0.15, -0.1) is 0 Å². The molecule has 2 heterocycles. The SMILES string of the molecule is C[C@@H](C(=O)NCc1ccccc1Cn1ccnc1)N1CCOCC1. The quantitative estimate of drug-likeness (QED) is 0.867. The Bertz CT molecular complexity index is 651. The van der Waals surface area contributed by atoms with Crippen LogP contribution < -0.4 is 5.32 Å². The Kier molecular flexibility index (Phi) is 5.61. The molecule has 0 saturated carbocycles. The second-order valence-electron chi connectivity index (χ2n) is 6.05. The van der Waals surface area contributed by atoms with Crippen LogP contribution in [0.5, 0.6) is 0 Å². The van der Waals surface area contributed by atoms with Gasteiger partial charge in [0.05, 0.1) is 25.6 Å². The number of benzene rings is 1. The van der Waals surface area contributed by atoms with Crippen molar-refractivity contribution in [1.29, 1.82) is 0 Å². The molecule has 1 fully saturated rings. The van der Waals surface area contributed by atoms with Gasteiger partial charge in [0.2, 0.25) is 5.91 Å². The lowest BCUT2D eigenvalue weighted by molar-refractivity contribution is -0.127. The number of amides is 1. The van der Waals surface area contributed by atoms with Crippen molar-refractivity contribution in [2.75, 3.05) is 26.3 Å². The van der Waals surface area contributed by atoms with E-state index in [0.29, 0.717) is 19.8 Å². The Morgan fingerprint density at radius 3 is 2.75 bits per heavy atom. The summed E-state index contributed by atoms with van der Waals surface area (Å²) in [4.78, 5) is 18.7. The molecule has 1 N–H and O–H groups in total. The number of morpholine rings is 1. The molecule has 1 aromatic heterocycles. The molecule has 2 aromatic rings. The lowest BCUT2D eigenvalue weighted by atomic mass is 10.1. The Morgan fingerprint density at radius 2 is 2.04 bits per heavy atom. The molecule has 0 spiro atoms. The minimum Gasteiger partial charge on any atom is -0.379 e. The molecule has 24 heavy (non-hydrogen) atoms. The van der Waals surface area contributed by atoms with E-state index in [1.165, 1.54) is 5.56 Å². The van der Waals surface area contributed by atoms with Gasteiger partial charge in [-0.25, -0.2) is 4.98 Å². The first-order valence-corrected chi connectivity index (χ1v) is 8.36. The van der Waals surface area contributed by atoms with E-state index in [1.54, 1.807) is 12.5 Å². The third-order valence-electron chi connectivity index (χ3n) is 4.46. The molecule has 128 valence electrons. The summed E-state index contributed by atoms with van der Waals surface area (Å²) in [6.45, 7) is 6.27. The number of hydrogen-bond donors (Lipinski definition) is 1. The van der Waals surface area contributed by atoms with Gasteiger partial charge in [0, 0.05) is 38.6 Å². The molecule has 1 atom stereocenters. The summed E-state index contributed by atoms with van der Waals surface area (Å²) in [6.07, 6.45) is 5.51. The van der Waals surface area contributed by atoms with E-state index in [1.807, 2.05) is 29.8 Å². The molecule has 6 nitrogen and oxygen atoms in total. The molecule has 1 saturated heterocycles. The van der Waals surface area contributed by atoms with Crippen LogP contribution in [-0.4, -0.2) is 52.7 Å². The molecule has 0 aliphatic carbocycles. The molecular weight excluding hydrogens is 304 g/mol. The molecule has 1 amide bonds. The van der Waals surface area contributed by atoms with Gasteiger partial charge in [-0.05, 0) is 18.1 Å². The Hall–Kier alpha value is -2.18. The third kappa shape index (κ3) is 4.21. The van der Waals surface area contributed by atoms with E-state index in [0.717, 1.165) is 25.2 Å². The molecule has 6 heteroatoms. The number of ether oxygens (including phenoxy) is 1. The van der Waals surface area contributed by atoms with Crippen LogP contribution >= 0.6 is 0 Å². The molecular formula is C18H24N4O2. The molecule has 0 bridgehead atoms. The molecule has 0 radical (unpaired) electrons. The van der Waals surface area contributed by atoms with Crippen LogP contribution in [0.1, 0.15) is 18.1 Å². The lowest BCUT2D eigenvalue weighted by Gasteiger charge is -2.31. The van der Waals surface area contributed by atoms with Gasteiger partial charge >= 0.3 is 0 Å². The van der Waals surface area contributed by atoms with Crippen molar-refractivity contribution in [3.05, 3.63) is 54.1 Å². The Morgan fingerprint density at radius 1 is 1.29 bits per heavy atom. The van der Waals surface area contributed by atoms with E-state index in [4.69, 9.17) is 4.74 Å². The maximum Gasteiger partial charge on any atom is 0.237 e. The monoisotopic (exact) mass is 328 g/mol. The zero-order valence-electron chi connectivity index (χ0n) is 14.0. The number of aromatic nitrogens is 2. The lowest BCUT2D eigenvalue weighted by Crippen LogP contribution is -2.49. The molecule has 0 unspecified atom stereocenters. The maximum atomic E-state index is 12.4. The van der Waals surface area contributed by atoms with E-state index < -0.39 is 0 Å². The number of nitrogens with zero attached hydrogens (tertiary/aromatic N) is 3. The predicted octanol–water partition coefficient (Wildman–Crippen LogP) is 1.27. The number of rotatable bonds is 6. The maximum absolute atomic E-state index is 12.4. The van der Waals surface area contributed by atoms with Crippen molar-refractivity contribution in [2.24, 2.45) is 0 Å². The summed E-state index contributed by atoms with van der Waals surface area (Å²) in [5.41, 5.74) is 2.32. The second kappa shape index (κ2) is 8.08. The molecule has 3 rings (SSSR count). The first kappa shape index (κ1) is 16.7. The van der Waals surface area contributed by atoms with Crippen LogP contribution in [0.3, 0.4) is 0 Å². The van der Waals surface area contributed by atoms with Crippen molar-refractivity contribution in [3.8, 4) is 0 Å². The van der Waals surface area contributed by atoms with Crippen LogP contribution in [0, 0.1) is 0 Å². The number of hydrogen-bond acceptors (Lipinski definition) is 4. The number of carbonyl (C=O) groups excluding carboxylic acids is 1. The van der Waals surface area contributed by atoms with Gasteiger partial charge in [0.1, 0.15) is 0 Å². The average molecular weight is 328 g/mol. The van der Waals surface area contributed by atoms with E-state index in [9.17, 15) is 4.79 Å². The highest BCUT2D eigenvalue weighted by Gasteiger charge is 2.22. The van der Waals surface area contributed by atoms with E-state index >= 15 is 0 Å². The zero-order valence-corrected chi connectivity index (χ0v) is 14.0. The van der Waals surface area contributed by atoms with Crippen LogP contribution in [0.2, 0.25) is 0 Å². The number of imidazole rings is 1. The third-order valence-corrected chi connectivity index (χ3v) is 4.46. The molecule has 1 aliphatic heterocycles. The minimum atomic E-state index is -0.130. The van der Waals surface area contributed by atoms with Crippen LogP contribution in [0.15, 0.2) is 43.0 Å². The fourth-order valence-corrected chi connectivity index (χ4v) is 2.92. The molecule has 1 aromatic carbocycles. The predicted molar refractivity (Wildman–Crippen MR) is 91.5 cm³/mol. The van der Waals surface area contributed by atoms with Crippen molar-refractivity contribution in [2.45, 2.75) is 26.1 Å². The van der Waals surface area contributed by atoms with Crippen molar-refractivity contribution in [3.63, 3.8) is 0 Å². The van der Waals surface area contributed by atoms with E-state index in [2.05, 4.69) is 27.3 Å². The first-order valence-electron chi connectivity index (χ1n) is 8.36. The van der Waals surface area contributed by atoms with Crippen LogP contribution in [0.4, 0.5) is 0 Å². The van der Waals surface area contributed by atoms with Gasteiger partial charge in [0.25, 0.3) is 0 Å². The topological polar surface area (TPSA) is 59.4 Å². The van der Waals surface area contributed by atoms with E-state index in [-0.39, 0.29) is 11.9 Å². The summed E-state index contributed by atoms with van der Waals surface area (Å²) >= 11 is 0. The normalized spacial score (nSPS) is 16.7. The van der Waals surface area contributed by atoms with Crippen molar-refractivity contribution in [1.82, 2.24) is 19.8 Å². The summed E-state index contributed by atoms with van der Waals surface area (Å²) < 4.78 is 7.37. The smallest absolute Gasteiger partial charge is 0.237 e. The first-order chi connectivity index (χ1) is 11.7. The Balaban J connectivity index is 1.58. The van der Waals surface area contributed by atoms with Gasteiger partial charge in [0.15, 0.2) is 0 Å². The van der Waals surface area contributed by atoms with Gasteiger partial charge in [-0.3, -0.25) is 9.69 Å². The summed E-state index contributed by atoms with van der Waals surface area (Å²) in [5, 5.41) is 3.07. The molecule has 1 aliphatic rings. The van der Waals surface area contributed by atoms with Gasteiger partial charge in [-0.1, -0.05) is 24.3 Å². The standard InChI is InChI=1S/C18H24N4O2/c1-15(22-8-10-24-11-9-22)18(23)20-12-16-4-2-3-5-17(16)13-21-7-6-19-14-21/h2-7,14-15H,8-13H2,1H3,(H,20,23)/t15-/m0/s1. The van der Waals surface area contributed by atoms with Crippen molar-refractivity contribution >= 4 is 5.91 Å². The highest BCUT2D eigenvalue weighted by Crippen LogP contribution is 2.11. The van der Waals surface area contributed by atoms with Crippen molar-refractivity contribution < 1.29 is 9.53 Å². The largest absolute Gasteiger partial charge is 0.379 e. The number of carbonyl (C=O) groups is 1. The summed E-state index contributed by atoms with van der Waals surface area (Å²) in [5.74, 6) is 0.0642. The van der Waals surface area contributed by atoms with Gasteiger partial charge in [-0.2, -0.15) is 0 Å². The van der Waals surface area contributed by atoms with Crippen LogP contribution in [0.25, 0.3) is 0 Å².